The van der Waals surface area contributed by atoms with Gasteiger partial charge in [0.1, 0.15) is 17.9 Å². The number of likely N-dealkylation sites (tertiary alicyclic amines) is 1. The number of nitrogens with zero attached hydrogens (tertiary/aromatic N) is 1. The molecule has 2 atom stereocenters. The van der Waals surface area contributed by atoms with E-state index in [0.29, 0.717) is 13.1 Å². The van der Waals surface area contributed by atoms with Crippen LogP contribution in [0.5, 0.6) is 5.75 Å². The van der Waals surface area contributed by atoms with Gasteiger partial charge in [0.25, 0.3) is 0 Å². The molecule has 1 aliphatic rings. The largest absolute Gasteiger partial charge is 0.487 e. The van der Waals surface area contributed by atoms with Crippen LogP contribution in [0.3, 0.4) is 0 Å². The van der Waals surface area contributed by atoms with E-state index in [1.54, 1.807) is 4.90 Å². The molecule has 0 bridgehead atoms. The van der Waals surface area contributed by atoms with Crippen molar-refractivity contribution in [1.82, 2.24) is 4.90 Å². The Morgan fingerprint density at radius 3 is 2.85 bits per heavy atom. The Labute approximate surface area is 119 Å². The van der Waals surface area contributed by atoms with Crippen LogP contribution < -0.4 is 10.5 Å². The maximum Gasteiger partial charge on any atom is 0.242 e. The van der Waals surface area contributed by atoms with E-state index in [2.05, 4.69) is 13.0 Å². The summed E-state index contributed by atoms with van der Waals surface area (Å²) in [5.41, 5.74) is 6.85. The van der Waals surface area contributed by atoms with Gasteiger partial charge in [-0.05, 0) is 31.0 Å². The number of carbonyl (C=O) groups excluding carboxylic acids is 1. The molecule has 0 radical (unpaired) electrons. The third kappa shape index (κ3) is 3.29. The Kier molecular flexibility index (Phi) is 4.62. The third-order valence-corrected chi connectivity index (χ3v) is 3.57. The molecule has 20 heavy (non-hydrogen) atoms. The van der Waals surface area contributed by atoms with E-state index in [9.17, 15) is 9.90 Å². The summed E-state index contributed by atoms with van der Waals surface area (Å²) < 4.78 is 5.82. The van der Waals surface area contributed by atoms with Crippen molar-refractivity contribution in [1.29, 1.82) is 0 Å². The molecular formula is C15H22N2O3. The molecule has 1 aliphatic heterocycles. The van der Waals surface area contributed by atoms with Crippen LogP contribution in [0.2, 0.25) is 0 Å². The number of aliphatic hydroxyl groups excluding tert-OH is 1. The molecule has 0 aliphatic carbocycles. The van der Waals surface area contributed by atoms with E-state index in [1.807, 2.05) is 18.2 Å². The van der Waals surface area contributed by atoms with Crippen molar-refractivity contribution in [2.75, 3.05) is 13.1 Å². The summed E-state index contributed by atoms with van der Waals surface area (Å²) in [4.78, 5) is 13.5. The number of hydrogen-bond acceptors (Lipinski definition) is 4. The van der Waals surface area contributed by atoms with Crippen molar-refractivity contribution in [2.24, 2.45) is 5.73 Å². The summed E-state index contributed by atoms with van der Waals surface area (Å²) in [6.45, 7) is 4.66. The van der Waals surface area contributed by atoms with E-state index in [4.69, 9.17) is 10.5 Å². The molecule has 110 valence electrons. The molecule has 1 amide bonds. The van der Waals surface area contributed by atoms with Crippen molar-refractivity contribution in [3.05, 3.63) is 29.8 Å². The SMILES string of the molecule is CCc1cccc(OC2CN(C(=O)[C@@H](N)[C@@H](C)O)C2)c1. The standard InChI is InChI=1S/C15H22N2O3/c1-3-11-5-4-6-12(7-11)20-13-8-17(9-13)15(19)14(16)10(2)18/h4-7,10,13-14,18H,3,8-9,16H2,1-2H3/t10-,14+/m1/s1. The Bertz CT molecular complexity index is 470. The Morgan fingerprint density at radius 2 is 2.25 bits per heavy atom. The lowest BCUT2D eigenvalue weighted by atomic mass is 10.1. The summed E-state index contributed by atoms with van der Waals surface area (Å²) in [6.07, 6.45) is 0.145. The van der Waals surface area contributed by atoms with Gasteiger partial charge in [0.05, 0.1) is 19.2 Å². The summed E-state index contributed by atoms with van der Waals surface area (Å²) >= 11 is 0. The highest BCUT2D eigenvalue weighted by Crippen LogP contribution is 2.20. The highest BCUT2D eigenvalue weighted by molar-refractivity contribution is 5.83. The van der Waals surface area contributed by atoms with Crippen LogP contribution >= 0.6 is 0 Å². The zero-order chi connectivity index (χ0) is 14.7. The highest BCUT2D eigenvalue weighted by Gasteiger charge is 2.35. The van der Waals surface area contributed by atoms with Crippen molar-refractivity contribution >= 4 is 5.91 Å². The lowest BCUT2D eigenvalue weighted by molar-refractivity contribution is -0.143. The first-order valence-corrected chi connectivity index (χ1v) is 6.99. The van der Waals surface area contributed by atoms with Gasteiger partial charge in [0, 0.05) is 0 Å². The predicted molar refractivity (Wildman–Crippen MR) is 76.5 cm³/mol. The average Bonchev–Trinajstić information content (AvgIpc) is 2.41. The number of aryl methyl sites for hydroxylation is 1. The summed E-state index contributed by atoms with van der Waals surface area (Å²) in [7, 11) is 0. The highest BCUT2D eigenvalue weighted by atomic mass is 16.5. The fourth-order valence-electron chi connectivity index (χ4n) is 2.14. The maximum atomic E-state index is 11.9. The van der Waals surface area contributed by atoms with Gasteiger partial charge in [-0.15, -0.1) is 0 Å². The van der Waals surface area contributed by atoms with Gasteiger partial charge in [-0.25, -0.2) is 0 Å². The Morgan fingerprint density at radius 1 is 1.55 bits per heavy atom. The number of carbonyl (C=O) groups is 1. The minimum absolute atomic E-state index is 0.00672. The van der Waals surface area contributed by atoms with Crippen LogP contribution in [-0.2, 0) is 11.2 Å². The summed E-state index contributed by atoms with van der Waals surface area (Å²) in [5, 5.41) is 9.31. The molecule has 1 saturated heterocycles. The van der Waals surface area contributed by atoms with Crippen molar-refractivity contribution in [3.8, 4) is 5.75 Å². The molecule has 1 heterocycles. The Hall–Kier alpha value is -1.59. The van der Waals surface area contributed by atoms with Gasteiger partial charge in [-0.2, -0.15) is 0 Å². The smallest absolute Gasteiger partial charge is 0.242 e. The van der Waals surface area contributed by atoms with Crippen molar-refractivity contribution < 1.29 is 14.6 Å². The van der Waals surface area contributed by atoms with Gasteiger partial charge in [-0.3, -0.25) is 4.79 Å². The second kappa shape index (κ2) is 6.24. The number of ether oxygens (including phenoxy) is 1. The summed E-state index contributed by atoms with van der Waals surface area (Å²) in [5.74, 6) is 0.614. The van der Waals surface area contributed by atoms with E-state index < -0.39 is 12.1 Å². The van der Waals surface area contributed by atoms with E-state index >= 15 is 0 Å². The molecule has 5 nitrogen and oxygen atoms in total. The van der Waals surface area contributed by atoms with Crippen LogP contribution in [0.4, 0.5) is 0 Å². The predicted octanol–water partition coefficient (Wildman–Crippen LogP) is 0.547. The van der Waals surface area contributed by atoms with Gasteiger partial charge in [0.15, 0.2) is 0 Å². The molecule has 0 aromatic heterocycles. The van der Waals surface area contributed by atoms with Gasteiger partial charge >= 0.3 is 0 Å². The quantitative estimate of drug-likeness (QED) is 0.824. The molecule has 1 aromatic rings. The minimum atomic E-state index is -0.848. The molecule has 1 fully saturated rings. The fourth-order valence-corrected chi connectivity index (χ4v) is 2.14. The average molecular weight is 278 g/mol. The lowest BCUT2D eigenvalue weighted by Gasteiger charge is -2.40. The number of amides is 1. The second-order valence-corrected chi connectivity index (χ2v) is 5.25. The van der Waals surface area contributed by atoms with Crippen LogP contribution in [0, 0.1) is 0 Å². The fraction of sp³-hybridized carbons (Fsp3) is 0.533. The molecule has 2 rings (SSSR count). The Balaban J connectivity index is 1.83. The van der Waals surface area contributed by atoms with E-state index in [0.717, 1.165) is 12.2 Å². The maximum absolute atomic E-state index is 11.9. The molecule has 1 aromatic carbocycles. The van der Waals surface area contributed by atoms with Crippen molar-refractivity contribution in [2.45, 2.75) is 38.5 Å². The second-order valence-electron chi connectivity index (χ2n) is 5.25. The van der Waals surface area contributed by atoms with Crippen molar-refractivity contribution in [3.63, 3.8) is 0 Å². The molecule has 0 saturated carbocycles. The monoisotopic (exact) mass is 278 g/mol. The van der Waals surface area contributed by atoms with E-state index in [1.165, 1.54) is 12.5 Å². The molecule has 0 spiro atoms. The number of rotatable bonds is 5. The van der Waals surface area contributed by atoms with Crippen LogP contribution in [0.1, 0.15) is 19.4 Å². The summed E-state index contributed by atoms with van der Waals surface area (Å²) in [6, 6.07) is 7.13. The first-order chi connectivity index (χ1) is 9.51. The first kappa shape index (κ1) is 14.8. The number of hydrogen-bond donors (Lipinski definition) is 2. The number of benzene rings is 1. The zero-order valence-corrected chi connectivity index (χ0v) is 12.0. The normalized spacial score (nSPS) is 18.3. The van der Waals surface area contributed by atoms with E-state index in [-0.39, 0.29) is 12.0 Å². The van der Waals surface area contributed by atoms with Gasteiger partial charge < -0.3 is 20.5 Å². The molecule has 3 N–H and O–H groups in total. The van der Waals surface area contributed by atoms with Crippen LogP contribution in [-0.4, -0.2) is 47.3 Å². The zero-order valence-electron chi connectivity index (χ0n) is 12.0. The van der Waals surface area contributed by atoms with Gasteiger partial charge in [-0.1, -0.05) is 19.1 Å². The third-order valence-electron chi connectivity index (χ3n) is 3.57. The first-order valence-electron chi connectivity index (χ1n) is 6.99. The molecule has 0 unspecified atom stereocenters. The molecule has 5 heteroatoms. The lowest BCUT2D eigenvalue weighted by Crippen LogP contribution is -2.61. The number of aliphatic hydroxyl groups is 1. The number of nitrogens with two attached hydrogens (primary N) is 1. The topological polar surface area (TPSA) is 75.8 Å². The van der Waals surface area contributed by atoms with Crippen LogP contribution in [0.25, 0.3) is 0 Å². The minimum Gasteiger partial charge on any atom is -0.487 e. The van der Waals surface area contributed by atoms with Gasteiger partial charge in [0.2, 0.25) is 5.91 Å². The molecular weight excluding hydrogens is 256 g/mol. The van der Waals surface area contributed by atoms with Crippen LogP contribution in [0.15, 0.2) is 24.3 Å².